The van der Waals surface area contributed by atoms with Gasteiger partial charge < -0.3 is 5.73 Å². The molecule has 3 N–H and O–H groups in total. The van der Waals surface area contributed by atoms with Crippen molar-refractivity contribution in [1.29, 1.82) is 0 Å². The van der Waals surface area contributed by atoms with E-state index in [4.69, 9.17) is 5.73 Å². The molecule has 114 valence electrons. The van der Waals surface area contributed by atoms with E-state index in [9.17, 15) is 12.8 Å². The van der Waals surface area contributed by atoms with Crippen molar-refractivity contribution in [3.63, 3.8) is 0 Å². The molecule has 1 aromatic rings. The minimum atomic E-state index is -3.46. The molecule has 1 aromatic carbocycles. The zero-order chi connectivity index (χ0) is 15.3. The Labute approximate surface area is 125 Å². The van der Waals surface area contributed by atoms with E-state index < -0.39 is 15.8 Å². The van der Waals surface area contributed by atoms with Crippen LogP contribution in [0.2, 0.25) is 0 Å². The van der Waals surface area contributed by atoms with Crippen LogP contribution in [0.25, 0.3) is 0 Å². The first kappa shape index (κ1) is 15.8. The van der Waals surface area contributed by atoms with Crippen LogP contribution in [0.5, 0.6) is 0 Å². The summed E-state index contributed by atoms with van der Waals surface area (Å²) in [4.78, 5) is 0. The lowest BCUT2D eigenvalue weighted by molar-refractivity contribution is 0.486. The van der Waals surface area contributed by atoms with Crippen LogP contribution >= 0.6 is 0 Å². The third-order valence-electron chi connectivity index (χ3n) is 3.55. The quantitative estimate of drug-likeness (QED) is 0.841. The summed E-state index contributed by atoms with van der Waals surface area (Å²) in [5, 5.41) is -0.383. The minimum absolute atomic E-state index is 0.148. The van der Waals surface area contributed by atoms with Gasteiger partial charge in [-0.3, -0.25) is 4.72 Å². The summed E-state index contributed by atoms with van der Waals surface area (Å²) in [7, 11) is -3.46. The van der Waals surface area contributed by atoms with Crippen molar-refractivity contribution in [3.05, 3.63) is 29.6 Å². The second-order valence-corrected chi connectivity index (χ2v) is 7.07. The minimum Gasteiger partial charge on any atom is -0.320 e. The Bertz CT molecular complexity index is 656. The number of nitrogens with two attached hydrogens (primary N) is 1. The zero-order valence-electron chi connectivity index (χ0n) is 11.7. The van der Waals surface area contributed by atoms with E-state index in [-0.39, 0.29) is 23.0 Å². The van der Waals surface area contributed by atoms with Crippen LogP contribution < -0.4 is 10.5 Å². The zero-order valence-corrected chi connectivity index (χ0v) is 12.5. The Morgan fingerprint density at radius 2 is 2.00 bits per heavy atom. The molecule has 0 atom stereocenters. The largest absolute Gasteiger partial charge is 0.320 e. The molecule has 0 saturated heterocycles. The van der Waals surface area contributed by atoms with Crippen LogP contribution in [-0.4, -0.2) is 20.2 Å². The SMILES string of the molecule is NCC#Cc1ccc(NS(=O)(=O)C2CCCCC2)cc1F. The smallest absolute Gasteiger partial charge is 0.235 e. The van der Waals surface area contributed by atoms with Gasteiger partial charge in [-0.05, 0) is 31.0 Å². The second-order valence-electron chi connectivity index (χ2n) is 5.11. The highest BCUT2D eigenvalue weighted by Gasteiger charge is 2.27. The normalized spacial score (nSPS) is 16.1. The number of nitrogens with one attached hydrogen (secondary N) is 1. The number of hydrogen-bond donors (Lipinski definition) is 2. The summed E-state index contributed by atoms with van der Waals surface area (Å²) in [6.07, 6.45) is 4.26. The molecular weight excluding hydrogens is 291 g/mol. The van der Waals surface area contributed by atoms with Crippen molar-refractivity contribution >= 4 is 15.7 Å². The fourth-order valence-corrected chi connectivity index (χ4v) is 4.03. The summed E-state index contributed by atoms with van der Waals surface area (Å²) in [5.74, 6) is 4.61. The number of rotatable bonds is 3. The van der Waals surface area contributed by atoms with Crippen LogP contribution in [0.3, 0.4) is 0 Å². The molecule has 0 radical (unpaired) electrons. The number of hydrogen-bond acceptors (Lipinski definition) is 3. The molecule has 0 spiro atoms. The summed E-state index contributed by atoms with van der Waals surface area (Å²) >= 11 is 0. The Hall–Kier alpha value is -1.58. The fraction of sp³-hybridized carbons (Fsp3) is 0.467. The first-order valence-electron chi connectivity index (χ1n) is 7.03. The first-order valence-corrected chi connectivity index (χ1v) is 8.57. The molecule has 1 fully saturated rings. The van der Waals surface area contributed by atoms with Gasteiger partial charge in [0, 0.05) is 0 Å². The van der Waals surface area contributed by atoms with Gasteiger partial charge in [-0.1, -0.05) is 31.1 Å². The predicted molar refractivity (Wildman–Crippen MR) is 81.7 cm³/mol. The Morgan fingerprint density at radius 1 is 1.29 bits per heavy atom. The van der Waals surface area contributed by atoms with E-state index in [1.54, 1.807) is 0 Å². The second kappa shape index (κ2) is 6.92. The van der Waals surface area contributed by atoms with Crippen molar-refractivity contribution in [2.45, 2.75) is 37.4 Å². The van der Waals surface area contributed by atoms with Crippen LogP contribution in [-0.2, 0) is 10.0 Å². The third kappa shape index (κ3) is 4.19. The van der Waals surface area contributed by atoms with Crippen LogP contribution in [0.4, 0.5) is 10.1 Å². The number of halogens is 1. The number of benzene rings is 1. The summed E-state index contributed by atoms with van der Waals surface area (Å²) in [6, 6.07) is 4.13. The lowest BCUT2D eigenvalue weighted by Crippen LogP contribution is -2.29. The van der Waals surface area contributed by atoms with Gasteiger partial charge in [0.2, 0.25) is 10.0 Å². The van der Waals surface area contributed by atoms with Gasteiger partial charge in [0.05, 0.1) is 23.0 Å². The molecule has 1 aliphatic rings. The van der Waals surface area contributed by atoms with Crippen LogP contribution in [0, 0.1) is 17.7 Å². The molecule has 1 aliphatic carbocycles. The summed E-state index contributed by atoms with van der Waals surface area (Å²) in [6.45, 7) is 0.148. The molecule has 2 rings (SSSR count). The average Bonchev–Trinajstić information content (AvgIpc) is 2.47. The van der Waals surface area contributed by atoms with Crippen molar-refractivity contribution < 1.29 is 12.8 Å². The number of anilines is 1. The van der Waals surface area contributed by atoms with Crippen LogP contribution in [0.1, 0.15) is 37.7 Å². The predicted octanol–water partition coefficient (Wildman–Crippen LogP) is 2.21. The van der Waals surface area contributed by atoms with Gasteiger partial charge in [0.15, 0.2) is 0 Å². The molecule has 0 bridgehead atoms. The highest BCUT2D eigenvalue weighted by Crippen LogP contribution is 2.25. The highest BCUT2D eigenvalue weighted by atomic mass is 32.2. The van der Waals surface area contributed by atoms with E-state index in [1.165, 1.54) is 12.1 Å². The maximum Gasteiger partial charge on any atom is 0.235 e. The number of sulfonamides is 1. The monoisotopic (exact) mass is 310 g/mol. The lowest BCUT2D eigenvalue weighted by atomic mass is 10.0. The first-order chi connectivity index (χ1) is 10.0. The van der Waals surface area contributed by atoms with Crippen LogP contribution in [0.15, 0.2) is 18.2 Å². The van der Waals surface area contributed by atoms with Gasteiger partial charge in [-0.15, -0.1) is 0 Å². The average molecular weight is 310 g/mol. The molecule has 0 aromatic heterocycles. The fourth-order valence-electron chi connectivity index (χ4n) is 2.45. The van der Waals surface area contributed by atoms with Gasteiger partial charge in [0.1, 0.15) is 5.82 Å². The summed E-state index contributed by atoms with van der Waals surface area (Å²) < 4.78 is 40.8. The highest BCUT2D eigenvalue weighted by molar-refractivity contribution is 7.93. The van der Waals surface area contributed by atoms with E-state index in [0.717, 1.165) is 25.3 Å². The lowest BCUT2D eigenvalue weighted by Gasteiger charge is -2.22. The molecule has 0 heterocycles. The summed E-state index contributed by atoms with van der Waals surface area (Å²) in [5.41, 5.74) is 5.68. The Balaban J connectivity index is 2.14. The van der Waals surface area contributed by atoms with E-state index in [1.807, 2.05) is 0 Å². The molecule has 21 heavy (non-hydrogen) atoms. The van der Waals surface area contributed by atoms with E-state index >= 15 is 0 Å². The molecular formula is C15H19FN2O2S. The van der Waals surface area contributed by atoms with Crippen molar-refractivity contribution in [3.8, 4) is 11.8 Å². The molecule has 0 aliphatic heterocycles. The van der Waals surface area contributed by atoms with E-state index in [2.05, 4.69) is 16.6 Å². The topological polar surface area (TPSA) is 72.2 Å². The Morgan fingerprint density at radius 3 is 2.62 bits per heavy atom. The molecule has 0 unspecified atom stereocenters. The third-order valence-corrected chi connectivity index (χ3v) is 5.41. The standard InChI is InChI=1S/C15H19FN2O2S/c16-15-11-13(9-8-12(15)5-4-10-17)18-21(19,20)14-6-2-1-3-7-14/h8-9,11,14,18H,1-3,6-7,10,17H2. The Kier molecular flexibility index (Phi) is 5.21. The van der Waals surface area contributed by atoms with Crippen molar-refractivity contribution in [2.24, 2.45) is 5.73 Å². The van der Waals surface area contributed by atoms with Gasteiger partial charge in [-0.2, -0.15) is 0 Å². The van der Waals surface area contributed by atoms with Crippen molar-refractivity contribution in [2.75, 3.05) is 11.3 Å². The molecule has 4 nitrogen and oxygen atoms in total. The van der Waals surface area contributed by atoms with E-state index in [0.29, 0.717) is 12.8 Å². The van der Waals surface area contributed by atoms with Gasteiger partial charge in [0.25, 0.3) is 0 Å². The molecule has 6 heteroatoms. The van der Waals surface area contributed by atoms with Gasteiger partial charge >= 0.3 is 0 Å². The van der Waals surface area contributed by atoms with Gasteiger partial charge in [-0.25, -0.2) is 12.8 Å². The van der Waals surface area contributed by atoms with Crippen molar-refractivity contribution in [1.82, 2.24) is 0 Å². The molecule has 0 amide bonds. The molecule has 1 saturated carbocycles. The maximum atomic E-state index is 13.8. The maximum absolute atomic E-state index is 13.8.